The Bertz CT molecular complexity index is 786. The summed E-state index contributed by atoms with van der Waals surface area (Å²) in [4.78, 5) is 11.8. The van der Waals surface area contributed by atoms with Crippen molar-refractivity contribution in [3.05, 3.63) is 39.7 Å². The van der Waals surface area contributed by atoms with E-state index in [0.29, 0.717) is 19.0 Å². The Balaban J connectivity index is 0.00000320. The van der Waals surface area contributed by atoms with Crippen LogP contribution >= 0.6 is 35.3 Å². The molecule has 3 rings (SSSR count). The number of aryl methyl sites for hydroxylation is 1. The number of aliphatic imine (C=N–C) groups is 1. The summed E-state index contributed by atoms with van der Waals surface area (Å²) >= 11 is 1.67. The lowest BCUT2D eigenvalue weighted by molar-refractivity contribution is 0.0124. The van der Waals surface area contributed by atoms with Gasteiger partial charge in [-0.25, -0.2) is 9.98 Å². The molecule has 0 spiro atoms. The molecule has 7 nitrogen and oxygen atoms in total. The third-order valence-electron chi connectivity index (χ3n) is 4.92. The van der Waals surface area contributed by atoms with Crippen LogP contribution in [0.5, 0.6) is 0 Å². The van der Waals surface area contributed by atoms with Crippen LogP contribution in [0.3, 0.4) is 0 Å². The van der Waals surface area contributed by atoms with Crippen molar-refractivity contribution in [1.29, 1.82) is 0 Å². The van der Waals surface area contributed by atoms with Crippen molar-refractivity contribution in [2.24, 2.45) is 4.99 Å². The van der Waals surface area contributed by atoms with Crippen LogP contribution in [0.2, 0.25) is 0 Å². The van der Waals surface area contributed by atoms with E-state index in [4.69, 9.17) is 14.1 Å². The maximum atomic E-state index is 5.95. The van der Waals surface area contributed by atoms with Crippen molar-refractivity contribution in [1.82, 2.24) is 20.5 Å². The van der Waals surface area contributed by atoms with Gasteiger partial charge in [-0.2, -0.15) is 0 Å². The SMILES string of the molecule is CCNC(=NCc1nc(C(C)C)cs1)NCC(c1ccc(C)o1)N1CCOCC1.I. The van der Waals surface area contributed by atoms with Gasteiger partial charge < -0.3 is 19.8 Å². The number of morpholine rings is 1. The lowest BCUT2D eigenvalue weighted by atomic mass is 10.1. The quantitative estimate of drug-likeness (QED) is 0.297. The second-order valence-electron chi connectivity index (χ2n) is 7.51. The van der Waals surface area contributed by atoms with Crippen LogP contribution in [0.25, 0.3) is 0 Å². The Hall–Kier alpha value is -1.17. The fourth-order valence-corrected chi connectivity index (χ4v) is 4.15. The molecule has 1 saturated heterocycles. The number of hydrogen-bond acceptors (Lipinski definition) is 6. The van der Waals surface area contributed by atoms with E-state index in [1.54, 1.807) is 11.3 Å². The Morgan fingerprint density at radius 2 is 2.03 bits per heavy atom. The van der Waals surface area contributed by atoms with Gasteiger partial charge in [0.05, 0.1) is 31.5 Å². The topological polar surface area (TPSA) is 74.9 Å². The van der Waals surface area contributed by atoms with Gasteiger partial charge in [0.2, 0.25) is 0 Å². The highest BCUT2D eigenvalue weighted by Crippen LogP contribution is 2.23. The molecule has 2 aromatic rings. The average Bonchev–Trinajstić information content (AvgIpc) is 3.36. The van der Waals surface area contributed by atoms with E-state index < -0.39 is 0 Å². The minimum Gasteiger partial charge on any atom is -0.465 e. The van der Waals surface area contributed by atoms with Gasteiger partial charge in [0.1, 0.15) is 16.5 Å². The zero-order valence-corrected chi connectivity index (χ0v) is 21.5. The fourth-order valence-electron chi connectivity index (χ4n) is 3.28. The first-order valence-electron chi connectivity index (χ1n) is 10.4. The van der Waals surface area contributed by atoms with Crippen LogP contribution in [0, 0.1) is 6.92 Å². The third kappa shape index (κ3) is 7.21. The second kappa shape index (κ2) is 12.6. The first-order chi connectivity index (χ1) is 14.1. The summed E-state index contributed by atoms with van der Waals surface area (Å²) in [6, 6.07) is 4.24. The molecule has 1 fully saturated rings. The van der Waals surface area contributed by atoms with Crippen molar-refractivity contribution in [2.75, 3.05) is 39.4 Å². The highest BCUT2D eigenvalue weighted by molar-refractivity contribution is 14.0. The van der Waals surface area contributed by atoms with Crippen LogP contribution in [-0.4, -0.2) is 55.2 Å². The number of ether oxygens (including phenoxy) is 1. The molecule has 0 aliphatic carbocycles. The summed E-state index contributed by atoms with van der Waals surface area (Å²) in [7, 11) is 0. The van der Waals surface area contributed by atoms with Crippen molar-refractivity contribution in [2.45, 2.75) is 46.2 Å². The van der Waals surface area contributed by atoms with Gasteiger partial charge in [-0.1, -0.05) is 13.8 Å². The summed E-state index contributed by atoms with van der Waals surface area (Å²) in [5.74, 6) is 3.16. The smallest absolute Gasteiger partial charge is 0.191 e. The van der Waals surface area contributed by atoms with Crippen molar-refractivity contribution < 1.29 is 9.15 Å². The molecule has 0 bridgehead atoms. The molecule has 0 saturated carbocycles. The van der Waals surface area contributed by atoms with Crippen molar-refractivity contribution in [3.8, 4) is 0 Å². The van der Waals surface area contributed by atoms with Gasteiger partial charge in [0.25, 0.3) is 0 Å². The lowest BCUT2D eigenvalue weighted by Gasteiger charge is -2.33. The molecule has 0 aromatic carbocycles. The monoisotopic (exact) mass is 547 g/mol. The number of thiazole rings is 1. The Labute approximate surface area is 200 Å². The maximum Gasteiger partial charge on any atom is 0.191 e. The number of nitrogens with zero attached hydrogens (tertiary/aromatic N) is 3. The molecule has 1 unspecified atom stereocenters. The number of rotatable bonds is 8. The van der Waals surface area contributed by atoms with Gasteiger partial charge in [0, 0.05) is 31.6 Å². The molecule has 1 aliphatic heterocycles. The van der Waals surface area contributed by atoms with Gasteiger partial charge in [-0.3, -0.25) is 4.90 Å². The first kappa shape index (κ1) is 25.1. The largest absolute Gasteiger partial charge is 0.465 e. The molecule has 3 heterocycles. The highest BCUT2D eigenvalue weighted by Gasteiger charge is 2.25. The Morgan fingerprint density at radius 1 is 1.27 bits per heavy atom. The van der Waals surface area contributed by atoms with E-state index in [-0.39, 0.29) is 30.0 Å². The molecular formula is C21H34IN5O2S. The average molecular weight is 548 g/mol. The zero-order valence-electron chi connectivity index (χ0n) is 18.3. The molecular weight excluding hydrogens is 513 g/mol. The molecule has 0 amide bonds. The van der Waals surface area contributed by atoms with Gasteiger partial charge in [-0.05, 0) is 31.9 Å². The third-order valence-corrected chi connectivity index (χ3v) is 5.77. The van der Waals surface area contributed by atoms with Gasteiger partial charge in [0.15, 0.2) is 5.96 Å². The molecule has 2 N–H and O–H groups in total. The Morgan fingerprint density at radius 3 is 2.63 bits per heavy atom. The number of halogens is 1. The van der Waals surface area contributed by atoms with E-state index in [9.17, 15) is 0 Å². The number of aromatic nitrogens is 1. The molecule has 30 heavy (non-hydrogen) atoms. The number of nitrogens with one attached hydrogen (secondary N) is 2. The van der Waals surface area contributed by atoms with Crippen LogP contribution < -0.4 is 10.6 Å². The normalized spacial score (nSPS) is 16.4. The fraction of sp³-hybridized carbons (Fsp3) is 0.619. The number of hydrogen-bond donors (Lipinski definition) is 2. The van der Waals surface area contributed by atoms with Crippen LogP contribution in [0.1, 0.15) is 55.0 Å². The summed E-state index contributed by atoms with van der Waals surface area (Å²) in [6.07, 6.45) is 0. The lowest BCUT2D eigenvalue weighted by Crippen LogP contribution is -2.46. The first-order valence-corrected chi connectivity index (χ1v) is 11.3. The number of guanidine groups is 1. The molecule has 168 valence electrons. The molecule has 2 aromatic heterocycles. The van der Waals surface area contributed by atoms with E-state index in [1.165, 1.54) is 0 Å². The zero-order chi connectivity index (χ0) is 20.6. The predicted molar refractivity (Wildman–Crippen MR) is 133 cm³/mol. The van der Waals surface area contributed by atoms with Crippen LogP contribution in [0.15, 0.2) is 26.9 Å². The molecule has 9 heteroatoms. The standard InChI is InChI=1S/C21H33N5O2S.HI/c1-5-22-21(24-13-20-25-17(14-29-20)15(2)3)23-12-18(19-7-6-16(4)28-19)26-8-10-27-11-9-26;/h6-7,14-15,18H,5,8-13H2,1-4H3,(H2,22,23,24);1H. The van der Waals surface area contributed by atoms with E-state index in [0.717, 1.165) is 61.0 Å². The van der Waals surface area contributed by atoms with E-state index in [2.05, 4.69) is 52.7 Å². The summed E-state index contributed by atoms with van der Waals surface area (Å²) in [5, 5.41) is 10.0. The van der Waals surface area contributed by atoms with E-state index in [1.807, 2.05) is 13.0 Å². The minimum atomic E-state index is 0. The van der Waals surface area contributed by atoms with Crippen molar-refractivity contribution in [3.63, 3.8) is 0 Å². The highest BCUT2D eigenvalue weighted by atomic mass is 127. The summed E-state index contributed by atoms with van der Waals surface area (Å²) < 4.78 is 11.5. The Kier molecular flexibility index (Phi) is 10.6. The second-order valence-corrected chi connectivity index (χ2v) is 8.45. The van der Waals surface area contributed by atoms with Crippen LogP contribution in [0.4, 0.5) is 0 Å². The summed E-state index contributed by atoms with van der Waals surface area (Å²) in [5.41, 5.74) is 1.14. The number of furan rings is 1. The summed E-state index contributed by atoms with van der Waals surface area (Å²) in [6.45, 7) is 13.8. The molecule has 1 atom stereocenters. The predicted octanol–water partition coefficient (Wildman–Crippen LogP) is 3.91. The van der Waals surface area contributed by atoms with Gasteiger partial charge >= 0.3 is 0 Å². The molecule has 0 radical (unpaired) electrons. The van der Waals surface area contributed by atoms with E-state index >= 15 is 0 Å². The van der Waals surface area contributed by atoms with Gasteiger partial charge in [-0.15, -0.1) is 35.3 Å². The molecule has 1 aliphatic rings. The van der Waals surface area contributed by atoms with Crippen molar-refractivity contribution >= 4 is 41.3 Å². The van der Waals surface area contributed by atoms with Crippen LogP contribution in [-0.2, 0) is 11.3 Å². The maximum absolute atomic E-state index is 5.95. The minimum absolute atomic E-state index is 0.